The van der Waals surface area contributed by atoms with Gasteiger partial charge in [-0.1, -0.05) is 78.9 Å². The number of fused-ring (bicyclic) bond motifs is 1. The monoisotopic (exact) mass is 412 g/mol. The fourth-order valence-corrected chi connectivity index (χ4v) is 4.67. The van der Waals surface area contributed by atoms with Crippen LogP contribution >= 0.6 is 0 Å². The Balaban J connectivity index is 1.82. The summed E-state index contributed by atoms with van der Waals surface area (Å²) in [5, 5.41) is 12.9. The predicted molar refractivity (Wildman–Crippen MR) is 114 cm³/mol. The van der Waals surface area contributed by atoms with E-state index in [-0.39, 0.29) is 9.92 Å². The number of benzene rings is 3. The van der Waals surface area contributed by atoms with Crippen LogP contribution in [0.25, 0.3) is 28.2 Å². The molecule has 146 valence electrons. The van der Waals surface area contributed by atoms with E-state index in [2.05, 4.69) is 15.3 Å². The highest BCUT2D eigenvalue weighted by Gasteiger charge is 2.27. The van der Waals surface area contributed by atoms with E-state index in [4.69, 9.17) is 0 Å². The molecule has 0 bridgehead atoms. The first-order valence-corrected chi connectivity index (χ1v) is 10.8. The Labute approximate surface area is 173 Å². The molecule has 0 spiro atoms. The lowest BCUT2D eigenvalue weighted by molar-refractivity contribution is 0.589. The Kier molecular flexibility index (Phi) is 4.37. The zero-order valence-electron chi connectivity index (χ0n) is 15.8. The smallest absolute Gasteiger partial charge is 0.217 e. The van der Waals surface area contributed by atoms with Gasteiger partial charge in [-0.15, -0.1) is 10.2 Å². The lowest BCUT2D eigenvalue weighted by atomic mass is 10.2. The largest absolute Gasteiger partial charge is 0.227 e. The Morgan fingerprint density at radius 2 is 1.23 bits per heavy atom. The molecule has 0 amide bonds. The van der Waals surface area contributed by atoms with Gasteiger partial charge in [0, 0.05) is 17.2 Å². The van der Waals surface area contributed by atoms with Gasteiger partial charge in [-0.05, 0) is 12.1 Å². The molecule has 3 aromatic carbocycles. The Morgan fingerprint density at radius 1 is 0.667 bits per heavy atom. The molecule has 0 atom stereocenters. The van der Waals surface area contributed by atoms with Crippen molar-refractivity contribution in [3.63, 3.8) is 0 Å². The molecule has 0 radical (unpaired) electrons. The lowest BCUT2D eigenvalue weighted by Gasteiger charge is -2.11. The number of sulfone groups is 1. The molecular weight excluding hydrogens is 396 g/mol. The van der Waals surface area contributed by atoms with Crippen molar-refractivity contribution in [2.45, 2.75) is 9.92 Å². The van der Waals surface area contributed by atoms with Gasteiger partial charge in [-0.3, -0.25) is 0 Å². The van der Waals surface area contributed by atoms with Crippen molar-refractivity contribution in [2.75, 3.05) is 0 Å². The number of hydrogen-bond acceptors (Lipinski definition) is 5. The number of rotatable bonds is 4. The molecule has 0 saturated heterocycles. The van der Waals surface area contributed by atoms with Crippen LogP contribution in [0.4, 0.5) is 0 Å². The molecule has 5 rings (SSSR count). The van der Waals surface area contributed by atoms with Gasteiger partial charge in [-0.2, -0.15) is 5.10 Å². The molecule has 7 heteroatoms. The van der Waals surface area contributed by atoms with Crippen LogP contribution in [-0.2, 0) is 9.84 Å². The van der Waals surface area contributed by atoms with Gasteiger partial charge in [0.2, 0.25) is 14.9 Å². The zero-order chi connectivity index (χ0) is 20.6. The molecular formula is C23H16N4O2S. The Hall–Kier alpha value is -3.84. The molecule has 30 heavy (non-hydrogen) atoms. The minimum absolute atomic E-state index is 0.130. The van der Waals surface area contributed by atoms with E-state index in [1.165, 1.54) is 0 Å². The van der Waals surface area contributed by atoms with Gasteiger partial charge in [0.1, 0.15) is 5.69 Å². The first-order chi connectivity index (χ1) is 14.6. The van der Waals surface area contributed by atoms with Crippen molar-refractivity contribution in [2.24, 2.45) is 0 Å². The third-order valence-electron chi connectivity index (χ3n) is 4.77. The van der Waals surface area contributed by atoms with Crippen molar-refractivity contribution >= 4 is 15.5 Å². The highest BCUT2D eigenvalue weighted by molar-refractivity contribution is 7.91. The second kappa shape index (κ2) is 7.20. The van der Waals surface area contributed by atoms with Crippen molar-refractivity contribution in [1.82, 2.24) is 19.8 Å². The molecule has 0 aliphatic heterocycles. The molecule has 6 nitrogen and oxygen atoms in total. The van der Waals surface area contributed by atoms with Crippen molar-refractivity contribution in [3.05, 3.63) is 97.1 Å². The predicted octanol–water partition coefficient (Wildman–Crippen LogP) is 4.29. The molecule has 0 aliphatic rings. The van der Waals surface area contributed by atoms with Crippen LogP contribution in [0, 0.1) is 0 Å². The first-order valence-electron chi connectivity index (χ1n) is 9.32. The molecule has 0 fully saturated rings. The molecule has 0 aliphatic carbocycles. The zero-order valence-corrected chi connectivity index (χ0v) is 16.6. The van der Waals surface area contributed by atoms with Crippen LogP contribution < -0.4 is 0 Å². The van der Waals surface area contributed by atoms with Crippen molar-refractivity contribution in [3.8, 4) is 22.5 Å². The fourth-order valence-electron chi connectivity index (χ4n) is 3.33. The summed E-state index contributed by atoms with van der Waals surface area (Å²) in [7, 11) is -3.90. The highest BCUT2D eigenvalue weighted by atomic mass is 32.2. The van der Waals surface area contributed by atoms with Crippen LogP contribution in [0.2, 0.25) is 0 Å². The van der Waals surface area contributed by atoms with Crippen LogP contribution in [0.1, 0.15) is 0 Å². The maximum absolute atomic E-state index is 13.4. The summed E-state index contributed by atoms with van der Waals surface area (Å²) in [4.78, 5) is 0.159. The average molecular weight is 412 g/mol. The average Bonchev–Trinajstić information content (AvgIpc) is 3.24. The minimum Gasteiger partial charge on any atom is -0.217 e. The van der Waals surface area contributed by atoms with Crippen molar-refractivity contribution in [1.29, 1.82) is 0 Å². The summed E-state index contributed by atoms with van der Waals surface area (Å²) in [5.41, 5.74) is 3.15. The molecule has 2 heterocycles. The second-order valence-corrected chi connectivity index (χ2v) is 8.57. The number of aromatic nitrogens is 4. The molecule has 5 aromatic rings. The maximum Gasteiger partial charge on any atom is 0.227 e. The summed E-state index contributed by atoms with van der Waals surface area (Å²) < 4.78 is 28.4. The van der Waals surface area contributed by atoms with E-state index < -0.39 is 9.84 Å². The molecule has 0 N–H and O–H groups in total. The SMILES string of the molecule is O=S(=O)(c1ccccc1)c1nnc2cc(-c3ccccc3)nn2c1-c1ccccc1. The van der Waals surface area contributed by atoms with E-state index in [9.17, 15) is 8.42 Å². The highest BCUT2D eigenvalue weighted by Crippen LogP contribution is 2.31. The Bertz CT molecular complexity index is 1430. The van der Waals surface area contributed by atoms with Gasteiger partial charge >= 0.3 is 0 Å². The van der Waals surface area contributed by atoms with E-state index in [0.717, 1.165) is 5.56 Å². The normalized spacial score (nSPS) is 11.6. The van der Waals surface area contributed by atoms with E-state index >= 15 is 0 Å². The van der Waals surface area contributed by atoms with Gasteiger partial charge in [0.05, 0.1) is 10.6 Å². The Morgan fingerprint density at radius 3 is 1.87 bits per heavy atom. The third-order valence-corrected chi connectivity index (χ3v) is 6.45. The summed E-state index contributed by atoms with van der Waals surface area (Å²) >= 11 is 0. The van der Waals surface area contributed by atoms with E-state index in [1.807, 2.05) is 60.7 Å². The third kappa shape index (κ3) is 3.05. The number of nitrogens with zero attached hydrogens (tertiary/aromatic N) is 4. The van der Waals surface area contributed by atoms with Crippen LogP contribution in [0.15, 0.2) is 107 Å². The van der Waals surface area contributed by atoms with E-state index in [0.29, 0.717) is 22.6 Å². The van der Waals surface area contributed by atoms with Crippen LogP contribution in [0.5, 0.6) is 0 Å². The van der Waals surface area contributed by atoms with Crippen LogP contribution in [0.3, 0.4) is 0 Å². The van der Waals surface area contributed by atoms with Gasteiger partial charge in [0.15, 0.2) is 5.65 Å². The maximum atomic E-state index is 13.4. The van der Waals surface area contributed by atoms with Gasteiger partial charge < -0.3 is 0 Å². The minimum atomic E-state index is -3.90. The van der Waals surface area contributed by atoms with Gasteiger partial charge in [0.25, 0.3) is 0 Å². The quantitative estimate of drug-likeness (QED) is 0.440. The fraction of sp³-hybridized carbons (Fsp3) is 0. The van der Waals surface area contributed by atoms with Crippen molar-refractivity contribution < 1.29 is 8.42 Å². The van der Waals surface area contributed by atoms with Crippen LogP contribution in [-0.4, -0.2) is 28.2 Å². The molecule has 2 aromatic heterocycles. The van der Waals surface area contributed by atoms with E-state index in [1.54, 1.807) is 40.9 Å². The summed E-state index contributed by atoms with van der Waals surface area (Å²) in [6, 6.07) is 28.9. The lowest BCUT2D eigenvalue weighted by Crippen LogP contribution is -2.12. The summed E-state index contributed by atoms with van der Waals surface area (Å²) in [5.74, 6) is 0. The number of hydrogen-bond donors (Lipinski definition) is 0. The summed E-state index contributed by atoms with van der Waals surface area (Å²) in [6.45, 7) is 0. The first kappa shape index (κ1) is 18.2. The summed E-state index contributed by atoms with van der Waals surface area (Å²) in [6.07, 6.45) is 0. The topological polar surface area (TPSA) is 77.2 Å². The molecule has 0 saturated carbocycles. The second-order valence-electron chi connectivity index (χ2n) is 6.70. The van der Waals surface area contributed by atoms with Gasteiger partial charge in [-0.25, -0.2) is 12.9 Å². The standard InChI is InChI=1S/C23H16N4O2S/c28-30(29,19-14-8-3-9-15-19)23-22(18-12-6-2-7-13-18)27-21(24-25-23)16-20(26-27)17-10-4-1-5-11-17/h1-16H. The molecule has 0 unspecified atom stereocenters.